The maximum atomic E-state index is 17.0. The number of benzene rings is 4. The van der Waals surface area contributed by atoms with Crippen LogP contribution in [-0.2, 0) is 4.74 Å². The van der Waals surface area contributed by atoms with Crippen LogP contribution in [-0.4, -0.2) is 47.9 Å². The molecule has 11 heteroatoms. The number of halogens is 1. The molecule has 0 spiro atoms. The molecule has 1 aliphatic carbocycles. The van der Waals surface area contributed by atoms with E-state index in [1.165, 1.54) is 0 Å². The summed E-state index contributed by atoms with van der Waals surface area (Å²) in [5, 5.41) is 27.5. The fourth-order valence-electron chi connectivity index (χ4n) is 5.43. The molecule has 4 aromatic carbocycles. The summed E-state index contributed by atoms with van der Waals surface area (Å²) in [6.45, 7) is 8.87. The SMILES string of the molecule is CCCCOc1ccc(Nc2c(F)c3c(c(OC(C)OCC)c2Nc2ccc(OCCCC)cc2)C(=O)c2c(O)ccc(O)c2C3=O)cc1. The molecule has 4 N–H and O–H groups in total. The number of unbranched alkanes of at least 4 members (excludes halogenated alkanes) is 2. The molecule has 258 valence electrons. The van der Waals surface area contributed by atoms with E-state index in [2.05, 4.69) is 24.5 Å². The molecule has 0 bridgehead atoms. The van der Waals surface area contributed by atoms with E-state index in [0.29, 0.717) is 36.1 Å². The predicted octanol–water partition coefficient (Wildman–Crippen LogP) is 8.62. The zero-order valence-corrected chi connectivity index (χ0v) is 28.0. The smallest absolute Gasteiger partial charge is 0.202 e. The van der Waals surface area contributed by atoms with E-state index in [4.69, 9.17) is 18.9 Å². The lowest BCUT2D eigenvalue weighted by molar-refractivity contribution is -0.0611. The van der Waals surface area contributed by atoms with Crippen molar-refractivity contribution in [1.29, 1.82) is 0 Å². The first-order valence-corrected chi connectivity index (χ1v) is 16.5. The van der Waals surface area contributed by atoms with Gasteiger partial charge in [-0.3, -0.25) is 9.59 Å². The molecule has 5 rings (SSSR count). The van der Waals surface area contributed by atoms with Crippen LogP contribution in [0.1, 0.15) is 85.2 Å². The number of hydrogen-bond acceptors (Lipinski definition) is 10. The number of hydrogen-bond donors (Lipinski definition) is 4. The Bertz CT molecular complexity index is 1810. The second-order valence-corrected chi connectivity index (χ2v) is 11.5. The number of phenolic OH excluding ortho intramolecular Hbond substituents is 2. The third-order valence-electron chi connectivity index (χ3n) is 7.93. The number of aromatic hydroxyl groups is 2. The summed E-state index contributed by atoms with van der Waals surface area (Å²) in [7, 11) is 0. The van der Waals surface area contributed by atoms with Gasteiger partial charge in [0.15, 0.2) is 17.9 Å². The Morgan fingerprint density at radius 1 is 0.673 bits per heavy atom. The fourth-order valence-corrected chi connectivity index (χ4v) is 5.43. The minimum absolute atomic E-state index is 0.00466. The van der Waals surface area contributed by atoms with Crippen LogP contribution in [0.5, 0.6) is 28.7 Å². The minimum Gasteiger partial charge on any atom is -0.507 e. The Morgan fingerprint density at radius 3 is 1.61 bits per heavy atom. The zero-order chi connectivity index (χ0) is 35.1. The van der Waals surface area contributed by atoms with Crippen molar-refractivity contribution in [3.05, 3.63) is 88.7 Å². The van der Waals surface area contributed by atoms with Gasteiger partial charge in [-0.2, -0.15) is 0 Å². The quantitative estimate of drug-likeness (QED) is 0.0458. The molecule has 0 aliphatic heterocycles. The van der Waals surface area contributed by atoms with Gasteiger partial charge in [0.25, 0.3) is 0 Å². The van der Waals surface area contributed by atoms with E-state index in [-0.39, 0.29) is 23.7 Å². The second-order valence-electron chi connectivity index (χ2n) is 11.5. The van der Waals surface area contributed by atoms with Crippen molar-refractivity contribution in [1.82, 2.24) is 0 Å². The van der Waals surface area contributed by atoms with Crippen molar-refractivity contribution in [2.24, 2.45) is 0 Å². The predicted molar refractivity (Wildman–Crippen MR) is 185 cm³/mol. The Kier molecular flexibility index (Phi) is 11.3. The first-order valence-electron chi connectivity index (χ1n) is 16.5. The van der Waals surface area contributed by atoms with Crippen molar-refractivity contribution in [3.63, 3.8) is 0 Å². The Morgan fingerprint density at radius 2 is 1.14 bits per heavy atom. The molecule has 0 amide bonds. The molecule has 0 fully saturated rings. The van der Waals surface area contributed by atoms with Crippen LogP contribution in [0.15, 0.2) is 60.7 Å². The van der Waals surface area contributed by atoms with Crippen LogP contribution in [0, 0.1) is 5.82 Å². The highest BCUT2D eigenvalue weighted by Gasteiger charge is 2.42. The zero-order valence-electron chi connectivity index (χ0n) is 28.0. The van der Waals surface area contributed by atoms with E-state index in [1.807, 2.05) is 0 Å². The van der Waals surface area contributed by atoms with Crippen LogP contribution in [0.2, 0.25) is 0 Å². The number of anilines is 4. The lowest BCUT2D eigenvalue weighted by Crippen LogP contribution is -2.27. The Hall–Kier alpha value is -5.29. The molecule has 1 aliphatic rings. The number of carbonyl (C=O) groups excluding carboxylic acids is 2. The van der Waals surface area contributed by atoms with Gasteiger partial charge < -0.3 is 39.8 Å². The number of nitrogens with one attached hydrogen (secondary N) is 2. The number of phenols is 2. The molecule has 0 saturated heterocycles. The van der Waals surface area contributed by atoms with Crippen LogP contribution in [0.3, 0.4) is 0 Å². The normalized spacial score (nSPS) is 12.6. The maximum absolute atomic E-state index is 17.0. The molecule has 0 saturated carbocycles. The number of carbonyl (C=O) groups is 2. The van der Waals surface area contributed by atoms with E-state index in [9.17, 15) is 19.8 Å². The number of ketones is 2. The number of ether oxygens (including phenoxy) is 4. The fraction of sp³-hybridized carbons (Fsp3) is 0.316. The lowest BCUT2D eigenvalue weighted by Gasteiger charge is -2.28. The van der Waals surface area contributed by atoms with Gasteiger partial charge >= 0.3 is 0 Å². The van der Waals surface area contributed by atoms with E-state index >= 15 is 4.39 Å². The van der Waals surface area contributed by atoms with Gasteiger partial charge in [0, 0.05) is 18.0 Å². The van der Waals surface area contributed by atoms with Gasteiger partial charge in [0.05, 0.1) is 35.5 Å². The van der Waals surface area contributed by atoms with Crippen molar-refractivity contribution in [3.8, 4) is 28.7 Å². The van der Waals surface area contributed by atoms with Gasteiger partial charge in [-0.15, -0.1) is 0 Å². The molecule has 0 aromatic heterocycles. The number of fused-ring (bicyclic) bond motifs is 2. The summed E-state index contributed by atoms with van der Waals surface area (Å²) in [4.78, 5) is 28.1. The summed E-state index contributed by atoms with van der Waals surface area (Å²) in [5.41, 5.74) is -1.26. The van der Waals surface area contributed by atoms with E-state index < -0.39 is 57.4 Å². The van der Waals surface area contributed by atoms with Gasteiger partial charge in [-0.25, -0.2) is 4.39 Å². The number of rotatable bonds is 16. The highest BCUT2D eigenvalue weighted by molar-refractivity contribution is 6.32. The Balaban J connectivity index is 1.69. The molecular formula is C38H41FN2O8. The first kappa shape index (κ1) is 35.0. The summed E-state index contributed by atoms with van der Waals surface area (Å²) in [6.07, 6.45) is 2.82. The van der Waals surface area contributed by atoms with Crippen molar-refractivity contribution < 1.29 is 43.1 Å². The first-order chi connectivity index (χ1) is 23.7. The van der Waals surface area contributed by atoms with Crippen LogP contribution >= 0.6 is 0 Å². The van der Waals surface area contributed by atoms with Crippen LogP contribution in [0.25, 0.3) is 0 Å². The summed E-state index contributed by atoms with van der Waals surface area (Å²) in [5.74, 6) is -2.99. The molecule has 1 unspecified atom stereocenters. The largest absolute Gasteiger partial charge is 0.507 e. The van der Waals surface area contributed by atoms with Gasteiger partial charge in [-0.05, 0) is 87.4 Å². The molecular weight excluding hydrogens is 631 g/mol. The maximum Gasteiger partial charge on any atom is 0.202 e. The second kappa shape index (κ2) is 15.7. The third kappa shape index (κ3) is 7.57. The average Bonchev–Trinajstić information content (AvgIpc) is 3.09. The molecule has 1 atom stereocenters. The molecule has 49 heavy (non-hydrogen) atoms. The third-order valence-corrected chi connectivity index (χ3v) is 7.93. The molecule has 4 aromatic rings. The average molecular weight is 673 g/mol. The van der Waals surface area contributed by atoms with Crippen LogP contribution < -0.4 is 24.8 Å². The molecule has 10 nitrogen and oxygen atoms in total. The summed E-state index contributed by atoms with van der Waals surface area (Å²) >= 11 is 0. The van der Waals surface area contributed by atoms with Crippen LogP contribution in [0.4, 0.5) is 27.1 Å². The monoisotopic (exact) mass is 672 g/mol. The van der Waals surface area contributed by atoms with E-state index in [0.717, 1.165) is 37.8 Å². The summed E-state index contributed by atoms with van der Waals surface area (Å²) < 4.78 is 40.4. The molecule has 0 radical (unpaired) electrons. The van der Waals surface area contributed by atoms with Crippen molar-refractivity contribution in [2.75, 3.05) is 30.5 Å². The topological polar surface area (TPSA) is 136 Å². The van der Waals surface area contributed by atoms with E-state index in [1.54, 1.807) is 62.4 Å². The lowest BCUT2D eigenvalue weighted by atomic mass is 9.81. The van der Waals surface area contributed by atoms with Gasteiger partial charge in [0.1, 0.15) is 34.4 Å². The summed E-state index contributed by atoms with van der Waals surface area (Å²) in [6, 6.07) is 16.0. The highest BCUT2D eigenvalue weighted by Crippen LogP contribution is 2.49. The highest BCUT2D eigenvalue weighted by atomic mass is 19.1. The molecule has 0 heterocycles. The van der Waals surface area contributed by atoms with Gasteiger partial charge in [0.2, 0.25) is 11.6 Å². The minimum atomic E-state index is -1.07. The van der Waals surface area contributed by atoms with Gasteiger partial charge in [-0.1, -0.05) is 26.7 Å². The Labute approximate surface area is 284 Å². The standard InChI is InChI=1S/C38H41FN2O8/c1-5-8-20-47-25-14-10-23(11-15-25)40-34-33(39)31-32(37(45)30-28(43)19-18-27(42)29(30)36(31)44)38(49-22(4)46-7-3)35(34)41-24-12-16-26(17-13-24)48-21-9-6-2/h10-19,22,40-43H,5-9,20-21H2,1-4H3. The van der Waals surface area contributed by atoms with Crippen molar-refractivity contribution >= 4 is 34.3 Å². The van der Waals surface area contributed by atoms with Crippen molar-refractivity contribution in [2.45, 2.75) is 59.7 Å².